The fourth-order valence-electron chi connectivity index (χ4n) is 3.66. The van der Waals surface area contributed by atoms with Gasteiger partial charge in [-0.15, -0.1) is 0 Å². The van der Waals surface area contributed by atoms with Crippen LogP contribution in [-0.4, -0.2) is 58.0 Å². The van der Waals surface area contributed by atoms with E-state index in [9.17, 15) is 14.4 Å². The molecule has 132 valence electrons. The maximum Gasteiger partial charge on any atom is 0.410 e. The number of hydrogen-bond acceptors (Lipinski definition) is 5. The van der Waals surface area contributed by atoms with Gasteiger partial charge in [-0.3, -0.25) is 13.5 Å². The maximum atomic E-state index is 12.7. The summed E-state index contributed by atoms with van der Waals surface area (Å²) < 4.78 is 7.91. The number of amides is 2. The number of likely N-dealkylation sites (tertiary alicyclic amines) is 1. The number of hydrogen-bond donors (Lipinski definition) is 0. The monoisotopic (exact) mass is 361 g/mol. The summed E-state index contributed by atoms with van der Waals surface area (Å²) in [4.78, 5) is 40.1. The van der Waals surface area contributed by atoms with Gasteiger partial charge in [0.2, 0.25) is 5.91 Å². The normalized spacial score (nSPS) is 23.5. The molecule has 1 unspecified atom stereocenters. The zero-order valence-corrected chi connectivity index (χ0v) is 14.8. The number of rotatable bonds is 2. The number of benzene rings is 1. The molecule has 2 amide bonds. The number of aromatic nitrogens is 1. The van der Waals surface area contributed by atoms with Crippen molar-refractivity contribution in [3.63, 3.8) is 0 Å². The molecule has 0 aliphatic carbocycles. The Labute approximate surface area is 148 Å². The average molecular weight is 361 g/mol. The number of piperidine rings is 1. The molecule has 1 spiro atoms. The SMILES string of the molecule is CN1CC2(CCCN(C(=O)Cn3sc4ccccc4c3=O)C2)OC1=O. The molecule has 2 aliphatic heterocycles. The zero-order chi connectivity index (χ0) is 17.6. The van der Waals surface area contributed by atoms with Crippen LogP contribution in [0.1, 0.15) is 12.8 Å². The second-order valence-electron chi connectivity index (χ2n) is 6.76. The molecular formula is C17H19N3O4S. The molecular weight excluding hydrogens is 342 g/mol. The third-order valence-corrected chi connectivity index (χ3v) is 5.93. The predicted octanol–water partition coefficient (Wildman–Crippen LogP) is 1.51. The zero-order valence-electron chi connectivity index (χ0n) is 13.9. The van der Waals surface area contributed by atoms with Crippen molar-refractivity contribution in [2.75, 3.05) is 26.7 Å². The van der Waals surface area contributed by atoms with E-state index in [4.69, 9.17) is 4.74 Å². The van der Waals surface area contributed by atoms with Crippen LogP contribution in [0.2, 0.25) is 0 Å². The standard InChI is InChI=1S/C17H19N3O4S/c1-18-10-17(24-16(18)23)7-4-8-19(11-17)14(21)9-20-15(22)12-5-2-3-6-13(12)25-20/h2-3,5-6H,4,7-11H2,1H3. The summed E-state index contributed by atoms with van der Waals surface area (Å²) in [6.45, 7) is 1.54. The van der Waals surface area contributed by atoms with Gasteiger partial charge in [-0.05, 0) is 25.0 Å². The van der Waals surface area contributed by atoms with Crippen LogP contribution in [0.3, 0.4) is 0 Å². The highest BCUT2D eigenvalue weighted by Gasteiger charge is 2.47. The second-order valence-corrected chi connectivity index (χ2v) is 7.82. The molecule has 7 nitrogen and oxygen atoms in total. The summed E-state index contributed by atoms with van der Waals surface area (Å²) in [5.41, 5.74) is -0.738. The van der Waals surface area contributed by atoms with E-state index in [0.29, 0.717) is 25.0 Å². The van der Waals surface area contributed by atoms with Gasteiger partial charge in [0.1, 0.15) is 12.1 Å². The quantitative estimate of drug-likeness (QED) is 0.813. The van der Waals surface area contributed by atoms with Crippen molar-refractivity contribution in [2.24, 2.45) is 0 Å². The summed E-state index contributed by atoms with van der Waals surface area (Å²) in [6, 6.07) is 7.36. The van der Waals surface area contributed by atoms with Gasteiger partial charge < -0.3 is 14.5 Å². The molecule has 4 rings (SSSR count). The minimum absolute atomic E-state index is 0.0258. The van der Waals surface area contributed by atoms with E-state index in [0.717, 1.165) is 17.5 Å². The summed E-state index contributed by atoms with van der Waals surface area (Å²) in [5, 5.41) is 0.641. The molecule has 1 atom stereocenters. The van der Waals surface area contributed by atoms with E-state index >= 15 is 0 Å². The number of nitrogens with zero attached hydrogens (tertiary/aromatic N) is 3. The fourth-order valence-corrected chi connectivity index (χ4v) is 4.65. The fraction of sp³-hybridized carbons (Fsp3) is 0.471. The molecule has 0 bridgehead atoms. The molecule has 2 aromatic rings. The van der Waals surface area contributed by atoms with Gasteiger partial charge in [0.25, 0.3) is 5.56 Å². The predicted molar refractivity (Wildman–Crippen MR) is 93.7 cm³/mol. The Bertz CT molecular complexity index is 905. The number of fused-ring (bicyclic) bond motifs is 1. The van der Waals surface area contributed by atoms with Gasteiger partial charge in [-0.2, -0.15) is 0 Å². The lowest BCUT2D eigenvalue weighted by molar-refractivity contribution is -0.137. The molecule has 0 N–H and O–H groups in total. The van der Waals surface area contributed by atoms with Crippen molar-refractivity contribution in [2.45, 2.75) is 25.0 Å². The first-order valence-electron chi connectivity index (χ1n) is 8.28. The molecule has 2 fully saturated rings. The van der Waals surface area contributed by atoms with E-state index in [1.807, 2.05) is 18.2 Å². The van der Waals surface area contributed by atoms with Crippen LogP contribution in [0.15, 0.2) is 29.1 Å². The largest absolute Gasteiger partial charge is 0.439 e. The van der Waals surface area contributed by atoms with Crippen LogP contribution < -0.4 is 5.56 Å². The Kier molecular flexibility index (Phi) is 3.79. The molecule has 1 aromatic heterocycles. The van der Waals surface area contributed by atoms with E-state index in [1.165, 1.54) is 15.5 Å². The van der Waals surface area contributed by atoms with Crippen LogP contribution >= 0.6 is 11.5 Å². The number of ether oxygens (including phenoxy) is 1. The van der Waals surface area contributed by atoms with Crippen molar-refractivity contribution in [3.05, 3.63) is 34.6 Å². The molecule has 0 radical (unpaired) electrons. The van der Waals surface area contributed by atoms with Gasteiger partial charge in [-0.25, -0.2) is 4.79 Å². The van der Waals surface area contributed by atoms with E-state index < -0.39 is 5.60 Å². The summed E-state index contributed by atoms with van der Waals surface area (Å²) in [6.07, 6.45) is 1.21. The van der Waals surface area contributed by atoms with Crippen LogP contribution in [0, 0.1) is 0 Å². The van der Waals surface area contributed by atoms with Gasteiger partial charge >= 0.3 is 6.09 Å². The van der Waals surface area contributed by atoms with E-state index in [1.54, 1.807) is 22.9 Å². The first-order chi connectivity index (χ1) is 12.0. The lowest BCUT2D eigenvalue weighted by Crippen LogP contribution is -2.53. The molecule has 25 heavy (non-hydrogen) atoms. The van der Waals surface area contributed by atoms with Crippen LogP contribution in [0.25, 0.3) is 10.1 Å². The Morgan fingerprint density at radius 1 is 1.28 bits per heavy atom. The minimum atomic E-state index is -0.606. The smallest absolute Gasteiger partial charge is 0.410 e. The first-order valence-corrected chi connectivity index (χ1v) is 9.06. The Balaban J connectivity index is 1.52. The van der Waals surface area contributed by atoms with Gasteiger partial charge in [0.05, 0.1) is 23.2 Å². The lowest BCUT2D eigenvalue weighted by atomic mass is 9.93. The molecule has 2 aliphatic rings. The lowest BCUT2D eigenvalue weighted by Gasteiger charge is -2.38. The number of carbonyl (C=O) groups is 2. The maximum absolute atomic E-state index is 12.7. The van der Waals surface area contributed by atoms with Gasteiger partial charge in [0, 0.05) is 13.6 Å². The molecule has 1 aromatic carbocycles. The summed E-state index contributed by atoms with van der Waals surface area (Å²) >= 11 is 1.30. The first kappa shape index (κ1) is 16.1. The average Bonchev–Trinajstić information content (AvgIpc) is 3.05. The van der Waals surface area contributed by atoms with Crippen molar-refractivity contribution in [3.8, 4) is 0 Å². The Morgan fingerprint density at radius 2 is 2.08 bits per heavy atom. The third-order valence-electron chi connectivity index (χ3n) is 4.86. The van der Waals surface area contributed by atoms with E-state index in [2.05, 4.69) is 0 Å². The number of likely N-dealkylation sites (N-methyl/N-ethyl adjacent to an activating group) is 1. The Hall–Kier alpha value is -2.35. The van der Waals surface area contributed by atoms with Crippen LogP contribution in [-0.2, 0) is 16.1 Å². The molecule has 8 heteroatoms. The molecule has 0 saturated carbocycles. The summed E-state index contributed by atoms with van der Waals surface area (Å²) in [5.74, 6) is -0.113. The second kappa shape index (κ2) is 5.87. The van der Waals surface area contributed by atoms with Gasteiger partial charge in [0.15, 0.2) is 0 Å². The van der Waals surface area contributed by atoms with Crippen molar-refractivity contribution < 1.29 is 14.3 Å². The topological polar surface area (TPSA) is 71.8 Å². The van der Waals surface area contributed by atoms with Crippen LogP contribution in [0.4, 0.5) is 4.79 Å². The number of carbonyl (C=O) groups excluding carboxylic acids is 2. The highest BCUT2D eigenvalue weighted by atomic mass is 32.1. The van der Waals surface area contributed by atoms with E-state index in [-0.39, 0.29) is 24.1 Å². The van der Waals surface area contributed by atoms with Crippen molar-refractivity contribution >= 4 is 33.6 Å². The molecule has 3 heterocycles. The summed E-state index contributed by atoms with van der Waals surface area (Å²) in [7, 11) is 1.70. The highest BCUT2D eigenvalue weighted by Crippen LogP contribution is 2.31. The van der Waals surface area contributed by atoms with Crippen LogP contribution in [0.5, 0.6) is 0 Å². The van der Waals surface area contributed by atoms with Crippen molar-refractivity contribution in [1.82, 2.24) is 13.8 Å². The van der Waals surface area contributed by atoms with Crippen molar-refractivity contribution in [1.29, 1.82) is 0 Å². The molecule has 2 saturated heterocycles. The van der Waals surface area contributed by atoms with Gasteiger partial charge in [-0.1, -0.05) is 23.7 Å². The Morgan fingerprint density at radius 3 is 2.80 bits per heavy atom. The highest BCUT2D eigenvalue weighted by molar-refractivity contribution is 7.13. The minimum Gasteiger partial charge on any atom is -0.439 e. The third kappa shape index (κ3) is 2.80.